The lowest BCUT2D eigenvalue weighted by molar-refractivity contribution is 0.122. The molecule has 4 rings (SSSR count). The van der Waals surface area contributed by atoms with E-state index in [1.54, 1.807) is 11.8 Å². The number of nitrogens with zero attached hydrogens (tertiary/aromatic N) is 5. The van der Waals surface area contributed by atoms with E-state index >= 15 is 0 Å². The Labute approximate surface area is 164 Å². The Morgan fingerprint density at radius 2 is 1.81 bits per heavy atom. The zero-order valence-electron chi connectivity index (χ0n) is 16.1. The van der Waals surface area contributed by atoms with Gasteiger partial charge in [0, 0.05) is 32.3 Å². The Bertz CT molecular complexity index is 932. The normalized spacial score (nSPS) is 14.9. The number of thioether (sulfide) groups is 1. The van der Waals surface area contributed by atoms with Crippen molar-refractivity contribution in [1.29, 1.82) is 0 Å². The average Bonchev–Trinajstić information content (AvgIpc) is 3.03. The lowest BCUT2D eigenvalue weighted by Crippen LogP contribution is -2.37. The molecule has 0 saturated carbocycles. The molecule has 1 fully saturated rings. The number of morpholine rings is 1. The largest absolute Gasteiger partial charge is 0.378 e. The Morgan fingerprint density at radius 1 is 1.07 bits per heavy atom. The topological polar surface area (TPSA) is 56.1 Å². The van der Waals surface area contributed by atoms with Gasteiger partial charge in [-0.25, -0.2) is 15.0 Å². The summed E-state index contributed by atoms with van der Waals surface area (Å²) in [6.45, 7) is 7.36. The Hall–Kier alpha value is -2.12. The third-order valence-corrected chi connectivity index (χ3v) is 5.81. The lowest BCUT2D eigenvalue weighted by atomic mass is 10.2. The predicted octanol–water partition coefficient (Wildman–Crippen LogP) is 3.36. The van der Waals surface area contributed by atoms with Crippen LogP contribution in [0.2, 0.25) is 0 Å². The molecule has 0 N–H and O–H groups in total. The highest BCUT2D eigenvalue weighted by Gasteiger charge is 2.21. The van der Waals surface area contributed by atoms with E-state index < -0.39 is 0 Å². The van der Waals surface area contributed by atoms with Crippen molar-refractivity contribution >= 4 is 28.7 Å². The van der Waals surface area contributed by atoms with Gasteiger partial charge < -0.3 is 14.2 Å². The second kappa shape index (κ2) is 7.86. The number of fused-ring (bicyclic) bond motifs is 1. The maximum Gasteiger partial charge on any atom is 0.191 e. The van der Waals surface area contributed by atoms with Gasteiger partial charge in [0.1, 0.15) is 5.82 Å². The SMILES string of the molecule is CCc1nc2c(N3CCOCC3)nc(SCc3ccc(C)cc3)nc2n1C. The molecule has 0 atom stereocenters. The highest BCUT2D eigenvalue weighted by molar-refractivity contribution is 7.98. The van der Waals surface area contributed by atoms with E-state index in [1.165, 1.54) is 11.1 Å². The van der Waals surface area contributed by atoms with Crippen LogP contribution in [0.15, 0.2) is 29.4 Å². The molecule has 142 valence electrons. The second-order valence-corrected chi connectivity index (χ2v) is 7.76. The minimum absolute atomic E-state index is 0.727. The third kappa shape index (κ3) is 3.80. The zero-order chi connectivity index (χ0) is 18.8. The first-order valence-corrected chi connectivity index (χ1v) is 10.4. The van der Waals surface area contributed by atoms with Crippen LogP contribution in [0.4, 0.5) is 5.82 Å². The molecule has 7 heteroatoms. The van der Waals surface area contributed by atoms with Gasteiger partial charge in [0.2, 0.25) is 0 Å². The standard InChI is InChI=1S/C20H25N5OS/c1-4-16-21-17-18(24(16)3)22-20(23-19(17)25-9-11-26-12-10-25)27-13-15-7-5-14(2)6-8-15/h5-8H,4,9-13H2,1-3H3. The van der Waals surface area contributed by atoms with E-state index in [0.29, 0.717) is 0 Å². The van der Waals surface area contributed by atoms with E-state index in [0.717, 1.165) is 66.4 Å². The number of anilines is 1. The maximum atomic E-state index is 5.51. The molecule has 1 aromatic carbocycles. The van der Waals surface area contributed by atoms with Crippen molar-refractivity contribution < 1.29 is 4.74 Å². The molecule has 1 aliphatic rings. The molecule has 0 amide bonds. The number of rotatable bonds is 5. The number of hydrogen-bond acceptors (Lipinski definition) is 6. The summed E-state index contributed by atoms with van der Waals surface area (Å²) in [6, 6.07) is 8.63. The first-order chi connectivity index (χ1) is 13.2. The molecule has 6 nitrogen and oxygen atoms in total. The highest BCUT2D eigenvalue weighted by Crippen LogP contribution is 2.29. The van der Waals surface area contributed by atoms with Crippen molar-refractivity contribution in [2.24, 2.45) is 7.05 Å². The van der Waals surface area contributed by atoms with Crippen LogP contribution in [0.25, 0.3) is 11.2 Å². The molecule has 2 aromatic heterocycles. The second-order valence-electron chi connectivity index (χ2n) is 6.82. The van der Waals surface area contributed by atoms with Gasteiger partial charge in [-0.15, -0.1) is 0 Å². The van der Waals surface area contributed by atoms with Crippen molar-refractivity contribution in [3.8, 4) is 0 Å². The number of hydrogen-bond donors (Lipinski definition) is 0. The van der Waals surface area contributed by atoms with E-state index in [-0.39, 0.29) is 0 Å². The quantitative estimate of drug-likeness (QED) is 0.497. The fourth-order valence-electron chi connectivity index (χ4n) is 3.28. The summed E-state index contributed by atoms with van der Waals surface area (Å²) in [5, 5.41) is 0.801. The first kappa shape index (κ1) is 18.3. The van der Waals surface area contributed by atoms with Gasteiger partial charge in [-0.05, 0) is 12.5 Å². The van der Waals surface area contributed by atoms with Crippen LogP contribution in [0, 0.1) is 6.92 Å². The van der Waals surface area contributed by atoms with Gasteiger partial charge in [-0.2, -0.15) is 0 Å². The molecule has 0 aliphatic carbocycles. The Balaban J connectivity index is 1.69. The highest BCUT2D eigenvalue weighted by atomic mass is 32.2. The molecule has 0 spiro atoms. The number of imidazole rings is 1. The molecular formula is C20H25N5OS. The summed E-state index contributed by atoms with van der Waals surface area (Å²) in [5.74, 6) is 2.83. The fraction of sp³-hybridized carbons (Fsp3) is 0.450. The Morgan fingerprint density at radius 3 is 2.52 bits per heavy atom. The monoisotopic (exact) mass is 383 g/mol. The van der Waals surface area contributed by atoms with E-state index in [2.05, 4.69) is 47.6 Å². The van der Waals surface area contributed by atoms with Gasteiger partial charge in [0.25, 0.3) is 0 Å². The van der Waals surface area contributed by atoms with Crippen molar-refractivity contribution in [3.63, 3.8) is 0 Å². The number of aromatic nitrogens is 4. The van der Waals surface area contributed by atoms with Crippen molar-refractivity contribution in [1.82, 2.24) is 19.5 Å². The van der Waals surface area contributed by atoms with Crippen molar-refractivity contribution in [2.75, 3.05) is 31.2 Å². The van der Waals surface area contributed by atoms with Gasteiger partial charge in [-0.3, -0.25) is 0 Å². The van der Waals surface area contributed by atoms with Crippen LogP contribution in [-0.2, 0) is 24.0 Å². The first-order valence-electron chi connectivity index (χ1n) is 9.40. The summed E-state index contributed by atoms with van der Waals surface area (Å²) in [4.78, 5) is 16.8. The van der Waals surface area contributed by atoms with Crippen molar-refractivity contribution in [3.05, 3.63) is 41.2 Å². The van der Waals surface area contributed by atoms with Gasteiger partial charge >= 0.3 is 0 Å². The molecular weight excluding hydrogens is 358 g/mol. The Kier molecular flexibility index (Phi) is 5.31. The summed E-state index contributed by atoms with van der Waals surface area (Å²) < 4.78 is 7.61. The smallest absolute Gasteiger partial charge is 0.191 e. The maximum absolute atomic E-state index is 5.51. The minimum Gasteiger partial charge on any atom is -0.378 e. The van der Waals surface area contributed by atoms with E-state index in [1.807, 2.05) is 7.05 Å². The summed E-state index contributed by atoms with van der Waals surface area (Å²) in [7, 11) is 2.04. The molecule has 27 heavy (non-hydrogen) atoms. The number of benzene rings is 1. The summed E-state index contributed by atoms with van der Waals surface area (Å²) in [5.41, 5.74) is 4.37. The fourth-order valence-corrected chi connectivity index (χ4v) is 4.07. The lowest BCUT2D eigenvalue weighted by Gasteiger charge is -2.28. The third-order valence-electron chi connectivity index (χ3n) is 4.89. The van der Waals surface area contributed by atoms with Crippen LogP contribution in [0.3, 0.4) is 0 Å². The average molecular weight is 384 g/mol. The van der Waals surface area contributed by atoms with Crippen LogP contribution >= 0.6 is 11.8 Å². The molecule has 0 bridgehead atoms. The van der Waals surface area contributed by atoms with Gasteiger partial charge in [0.05, 0.1) is 13.2 Å². The van der Waals surface area contributed by atoms with Gasteiger partial charge in [0.15, 0.2) is 22.1 Å². The molecule has 1 aliphatic heterocycles. The summed E-state index contributed by atoms with van der Waals surface area (Å²) >= 11 is 1.68. The van der Waals surface area contributed by atoms with E-state index in [4.69, 9.17) is 19.7 Å². The molecule has 3 aromatic rings. The molecule has 1 saturated heterocycles. The van der Waals surface area contributed by atoms with Crippen LogP contribution < -0.4 is 4.90 Å². The molecule has 0 radical (unpaired) electrons. The number of ether oxygens (including phenoxy) is 1. The van der Waals surface area contributed by atoms with Crippen LogP contribution in [-0.4, -0.2) is 45.8 Å². The molecule has 0 unspecified atom stereocenters. The summed E-state index contributed by atoms with van der Waals surface area (Å²) in [6.07, 6.45) is 0.876. The molecule has 3 heterocycles. The minimum atomic E-state index is 0.727. The number of aryl methyl sites for hydroxylation is 3. The van der Waals surface area contributed by atoms with E-state index in [9.17, 15) is 0 Å². The zero-order valence-corrected chi connectivity index (χ0v) is 16.9. The van der Waals surface area contributed by atoms with Crippen LogP contribution in [0.5, 0.6) is 0 Å². The van der Waals surface area contributed by atoms with Gasteiger partial charge in [-0.1, -0.05) is 48.5 Å². The predicted molar refractivity (Wildman–Crippen MR) is 109 cm³/mol. The van der Waals surface area contributed by atoms with Crippen LogP contribution in [0.1, 0.15) is 23.9 Å². The van der Waals surface area contributed by atoms with Crippen molar-refractivity contribution in [2.45, 2.75) is 31.2 Å².